The molecule has 0 aliphatic heterocycles. The number of hydrogen-bond donors (Lipinski definition) is 1. The van der Waals surface area contributed by atoms with E-state index in [9.17, 15) is 9.90 Å². The van der Waals surface area contributed by atoms with Crippen LogP contribution in [0.3, 0.4) is 0 Å². The van der Waals surface area contributed by atoms with E-state index >= 15 is 0 Å². The van der Waals surface area contributed by atoms with Crippen LogP contribution >= 0.6 is 11.6 Å². The lowest BCUT2D eigenvalue weighted by Gasteiger charge is -2.11. The first kappa shape index (κ1) is 17.4. The van der Waals surface area contributed by atoms with E-state index in [1.807, 2.05) is 60.0 Å². The predicted octanol–water partition coefficient (Wildman–Crippen LogP) is 5.63. The Morgan fingerprint density at radius 3 is 2.41 bits per heavy atom. The molecule has 1 N–H and O–H groups in total. The molecule has 1 aromatic heterocycles. The highest BCUT2D eigenvalue weighted by Gasteiger charge is 2.24. The summed E-state index contributed by atoms with van der Waals surface area (Å²) >= 11 is 6.05. The largest absolute Gasteiger partial charge is 0.507 e. The molecule has 0 saturated heterocycles. The van der Waals surface area contributed by atoms with Gasteiger partial charge in [0.2, 0.25) is 0 Å². The molecular formula is C22H18ClNO3. The number of phenols is 1. The van der Waals surface area contributed by atoms with Gasteiger partial charge >= 0.3 is 5.97 Å². The smallest absolute Gasteiger partial charge is 0.340 e. The highest BCUT2D eigenvalue weighted by atomic mass is 35.5. The molecule has 0 atom stereocenters. The maximum Gasteiger partial charge on any atom is 0.340 e. The number of benzene rings is 3. The van der Waals surface area contributed by atoms with Gasteiger partial charge in [0.25, 0.3) is 0 Å². The number of carbonyl (C=O) groups excluding carboxylic acids is 1. The summed E-state index contributed by atoms with van der Waals surface area (Å²) in [6, 6.07) is 16.7. The van der Waals surface area contributed by atoms with Gasteiger partial charge in [0, 0.05) is 32.6 Å². The fourth-order valence-corrected chi connectivity index (χ4v) is 3.75. The number of aromatic nitrogens is 1. The van der Waals surface area contributed by atoms with Crippen LogP contribution in [0.5, 0.6) is 5.75 Å². The molecule has 5 heteroatoms. The van der Waals surface area contributed by atoms with Gasteiger partial charge in [-0.1, -0.05) is 35.9 Å². The third-order valence-corrected chi connectivity index (χ3v) is 5.00. The van der Waals surface area contributed by atoms with Crippen LogP contribution in [0.4, 0.5) is 0 Å². The second-order valence-electron chi connectivity index (χ2n) is 6.33. The van der Waals surface area contributed by atoms with E-state index in [-0.39, 0.29) is 12.4 Å². The topological polar surface area (TPSA) is 51.5 Å². The lowest BCUT2D eigenvalue weighted by molar-refractivity contribution is 0.0527. The van der Waals surface area contributed by atoms with Crippen LogP contribution in [0.15, 0.2) is 54.6 Å². The first-order chi connectivity index (χ1) is 13.0. The Morgan fingerprint density at radius 1 is 1.07 bits per heavy atom. The van der Waals surface area contributed by atoms with Crippen molar-refractivity contribution in [2.24, 2.45) is 0 Å². The number of aromatic hydroxyl groups is 1. The third kappa shape index (κ3) is 2.73. The summed E-state index contributed by atoms with van der Waals surface area (Å²) in [6.07, 6.45) is 0. The van der Waals surface area contributed by atoms with Gasteiger partial charge in [-0.2, -0.15) is 0 Å². The Balaban J connectivity index is 2.18. The van der Waals surface area contributed by atoms with Crippen LogP contribution in [0, 0.1) is 6.92 Å². The van der Waals surface area contributed by atoms with Crippen molar-refractivity contribution in [3.05, 3.63) is 70.9 Å². The van der Waals surface area contributed by atoms with Crippen molar-refractivity contribution in [3.63, 3.8) is 0 Å². The summed E-state index contributed by atoms with van der Waals surface area (Å²) < 4.78 is 7.30. The molecule has 0 unspecified atom stereocenters. The Kier molecular flexibility index (Phi) is 4.28. The number of halogens is 1. The first-order valence-electron chi connectivity index (χ1n) is 8.71. The maximum atomic E-state index is 12.7. The number of fused-ring (bicyclic) bond motifs is 3. The molecule has 0 bridgehead atoms. The first-order valence-corrected chi connectivity index (χ1v) is 9.09. The van der Waals surface area contributed by atoms with Crippen molar-refractivity contribution >= 4 is 39.2 Å². The minimum Gasteiger partial charge on any atom is -0.507 e. The molecule has 4 aromatic rings. The van der Waals surface area contributed by atoms with E-state index in [0.29, 0.717) is 16.0 Å². The highest BCUT2D eigenvalue weighted by Crippen LogP contribution is 2.39. The molecular weight excluding hydrogens is 362 g/mol. The van der Waals surface area contributed by atoms with Crippen LogP contribution in [0.25, 0.3) is 27.4 Å². The zero-order valence-corrected chi connectivity index (χ0v) is 15.7. The van der Waals surface area contributed by atoms with Crippen molar-refractivity contribution < 1.29 is 14.6 Å². The second-order valence-corrected chi connectivity index (χ2v) is 6.77. The average molecular weight is 380 g/mol. The summed E-state index contributed by atoms with van der Waals surface area (Å²) in [7, 11) is 0. The Bertz CT molecular complexity index is 1180. The quantitative estimate of drug-likeness (QED) is 0.469. The lowest BCUT2D eigenvalue weighted by atomic mass is 10.0. The highest BCUT2D eigenvalue weighted by molar-refractivity contribution is 6.30. The Morgan fingerprint density at radius 2 is 1.74 bits per heavy atom. The molecule has 0 amide bonds. The van der Waals surface area contributed by atoms with Crippen molar-refractivity contribution in [1.29, 1.82) is 0 Å². The summed E-state index contributed by atoms with van der Waals surface area (Å²) in [4.78, 5) is 12.7. The molecule has 0 radical (unpaired) electrons. The molecule has 136 valence electrons. The molecule has 0 saturated carbocycles. The normalized spacial score (nSPS) is 11.2. The summed E-state index contributed by atoms with van der Waals surface area (Å²) in [5, 5.41) is 13.4. The standard InChI is InChI=1S/C22H18ClNO3/c1-3-27-22(26)20-13(2)24(15-10-8-14(23)9-11-15)21-17-7-5-4-6-16(17)19(25)12-18(20)21/h4-12,25H,3H2,1-2H3. The van der Waals surface area contributed by atoms with Crippen molar-refractivity contribution in [2.75, 3.05) is 6.61 Å². The number of ether oxygens (including phenoxy) is 1. The number of esters is 1. The number of nitrogens with zero attached hydrogens (tertiary/aromatic N) is 1. The van der Waals surface area contributed by atoms with Gasteiger partial charge in [0.05, 0.1) is 17.7 Å². The zero-order valence-electron chi connectivity index (χ0n) is 15.0. The fraction of sp³-hybridized carbons (Fsp3) is 0.136. The summed E-state index contributed by atoms with van der Waals surface area (Å²) in [5.41, 5.74) is 2.95. The third-order valence-electron chi connectivity index (χ3n) is 4.75. The molecule has 4 nitrogen and oxygen atoms in total. The molecule has 1 heterocycles. The number of phenolic OH excluding ortho intramolecular Hbond substituents is 1. The van der Waals surface area contributed by atoms with E-state index in [4.69, 9.17) is 16.3 Å². The second kappa shape index (κ2) is 6.63. The van der Waals surface area contributed by atoms with E-state index in [1.165, 1.54) is 0 Å². The van der Waals surface area contributed by atoms with E-state index in [1.54, 1.807) is 13.0 Å². The summed E-state index contributed by atoms with van der Waals surface area (Å²) in [6.45, 7) is 3.94. The molecule has 3 aromatic carbocycles. The van der Waals surface area contributed by atoms with Crippen LogP contribution in [0.2, 0.25) is 5.02 Å². The van der Waals surface area contributed by atoms with Crippen LogP contribution < -0.4 is 0 Å². The van der Waals surface area contributed by atoms with Gasteiger partial charge < -0.3 is 14.4 Å². The Labute approximate surface area is 161 Å². The number of hydrogen-bond acceptors (Lipinski definition) is 3. The molecule has 0 aliphatic carbocycles. The van der Waals surface area contributed by atoms with Gasteiger partial charge in [0.15, 0.2) is 0 Å². The SMILES string of the molecule is CCOC(=O)c1c(C)n(-c2ccc(Cl)cc2)c2c1cc(O)c1ccccc12. The van der Waals surface area contributed by atoms with Crippen molar-refractivity contribution in [2.45, 2.75) is 13.8 Å². The van der Waals surface area contributed by atoms with Gasteiger partial charge in [-0.05, 0) is 44.2 Å². The van der Waals surface area contributed by atoms with Gasteiger partial charge in [-0.15, -0.1) is 0 Å². The van der Waals surface area contributed by atoms with E-state index in [2.05, 4.69) is 0 Å². The molecule has 4 rings (SSSR count). The van der Waals surface area contributed by atoms with E-state index < -0.39 is 5.97 Å². The maximum absolute atomic E-state index is 12.7. The molecule has 27 heavy (non-hydrogen) atoms. The molecule has 0 fully saturated rings. The van der Waals surface area contributed by atoms with E-state index in [0.717, 1.165) is 27.7 Å². The fourth-order valence-electron chi connectivity index (χ4n) is 3.62. The monoisotopic (exact) mass is 379 g/mol. The minimum absolute atomic E-state index is 0.136. The predicted molar refractivity (Wildman–Crippen MR) is 108 cm³/mol. The molecule has 0 spiro atoms. The van der Waals surface area contributed by atoms with Crippen LogP contribution in [0.1, 0.15) is 23.0 Å². The number of carbonyl (C=O) groups is 1. The minimum atomic E-state index is -0.401. The summed E-state index contributed by atoms with van der Waals surface area (Å²) in [5.74, 6) is -0.265. The Hall–Kier alpha value is -2.98. The lowest BCUT2D eigenvalue weighted by Crippen LogP contribution is -2.07. The average Bonchev–Trinajstić information content (AvgIpc) is 2.95. The van der Waals surface area contributed by atoms with Crippen molar-refractivity contribution in [3.8, 4) is 11.4 Å². The molecule has 0 aliphatic rings. The van der Waals surface area contributed by atoms with Crippen molar-refractivity contribution in [1.82, 2.24) is 4.57 Å². The van der Waals surface area contributed by atoms with Gasteiger partial charge in [-0.3, -0.25) is 0 Å². The zero-order chi connectivity index (χ0) is 19.1. The van der Waals surface area contributed by atoms with Crippen LogP contribution in [-0.2, 0) is 4.74 Å². The van der Waals surface area contributed by atoms with Gasteiger partial charge in [-0.25, -0.2) is 4.79 Å². The number of rotatable bonds is 3. The van der Waals surface area contributed by atoms with Crippen LogP contribution in [-0.4, -0.2) is 22.2 Å². The van der Waals surface area contributed by atoms with Gasteiger partial charge in [0.1, 0.15) is 5.75 Å².